The summed E-state index contributed by atoms with van der Waals surface area (Å²) in [5.74, 6) is -1.06. The van der Waals surface area contributed by atoms with Crippen molar-refractivity contribution in [3.8, 4) is 5.75 Å². The van der Waals surface area contributed by atoms with Crippen molar-refractivity contribution in [2.45, 2.75) is 57.5 Å². The first kappa shape index (κ1) is 35.2. The van der Waals surface area contributed by atoms with Crippen molar-refractivity contribution < 1.29 is 27.1 Å². The number of amides is 2. The highest BCUT2D eigenvalue weighted by atomic mass is 32.2. The molecule has 0 saturated carbocycles. The van der Waals surface area contributed by atoms with E-state index < -0.39 is 40.2 Å². The molecule has 0 saturated heterocycles. The minimum Gasteiger partial charge on any atom is -0.494 e. The summed E-state index contributed by atoms with van der Waals surface area (Å²) in [6, 6.07) is 27.0. The molecule has 1 N–H and O–H groups in total. The van der Waals surface area contributed by atoms with E-state index >= 15 is 4.39 Å². The molecule has 0 heterocycles. The van der Waals surface area contributed by atoms with Crippen LogP contribution in [0.4, 0.5) is 10.1 Å². The number of carbonyl (C=O) groups excluding carboxylic acids is 2. The lowest BCUT2D eigenvalue weighted by molar-refractivity contribution is -0.140. The molecule has 47 heavy (non-hydrogen) atoms. The Bertz CT molecular complexity index is 1720. The molecule has 0 fully saturated rings. The number of rotatable bonds is 16. The van der Waals surface area contributed by atoms with E-state index in [-0.39, 0.29) is 29.1 Å². The SMILES string of the molecule is CCCCNC(=O)C(Cc1ccccc1)N(Cc1ccccc1F)C(=O)CN(c1ccc(OCC)cc1)S(=O)(=O)c1ccc(C)cc1. The van der Waals surface area contributed by atoms with Gasteiger partial charge in [-0.05, 0) is 68.3 Å². The molecular weight excluding hydrogens is 617 g/mol. The number of sulfonamides is 1. The van der Waals surface area contributed by atoms with Gasteiger partial charge < -0.3 is 15.0 Å². The molecule has 4 rings (SSSR count). The number of hydrogen-bond acceptors (Lipinski definition) is 5. The molecule has 4 aromatic rings. The van der Waals surface area contributed by atoms with Gasteiger partial charge in [0.15, 0.2) is 0 Å². The van der Waals surface area contributed by atoms with Crippen LogP contribution in [0.5, 0.6) is 5.75 Å². The Hall–Kier alpha value is -4.70. The van der Waals surface area contributed by atoms with Crippen LogP contribution in [0, 0.1) is 12.7 Å². The second kappa shape index (κ2) is 16.7. The van der Waals surface area contributed by atoms with Gasteiger partial charge in [-0.1, -0.05) is 79.6 Å². The molecule has 4 aromatic carbocycles. The molecule has 1 unspecified atom stereocenters. The minimum absolute atomic E-state index is 0.00332. The average Bonchev–Trinajstić information content (AvgIpc) is 3.07. The van der Waals surface area contributed by atoms with Gasteiger partial charge in [-0.25, -0.2) is 12.8 Å². The van der Waals surface area contributed by atoms with Crippen molar-refractivity contribution in [1.82, 2.24) is 10.2 Å². The first-order valence-electron chi connectivity index (χ1n) is 15.8. The number of carbonyl (C=O) groups is 2. The lowest BCUT2D eigenvalue weighted by Gasteiger charge is -2.34. The Morgan fingerprint density at radius 1 is 0.872 bits per heavy atom. The van der Waals surface area contributed by atoms with E-state index in [4.69, 9.17) is 4.74 Å². The summed E-state index contributed by atoms with van der Waals surface area (Å²) >= 11 is 0. The Morgan fingerprint density at radius 3 is 2.17 bits per heavy atom. The predicted octanol–water partition coefficient (Wildman–Crippen LogP) is 6.28. The van der Waals surface area contributed by atoms with E-state index in [2.05, 4.69) is 5.32 Å². The van der Waals surface area contributed by atoms with Crippen LogP contribution in [0.2, 0.25) is 0 Å². The molecule has 2 amide bonds. The maximum Gasteiger partial charge on any atom is 0.264 e. The van der Waals surface area contributed by atoms with Crippen LogP contribution in [-0.2, 0) is 32.6 Å². The Balaban J connectivity index is 1.80. The fourth-order valence-electron chi connectivity index (χ4n) is 5.11. The third kappa shape index (κ3) is 9.42. The molecule has 1 atom stereocenters. The number of nitrogens with one attached hydrogen (secondary N) is 1. The smallest absolute Gasteiger partial charge is 0.264 e. The molecule has 0 radical (unpaired) electrons. The van der Waals surface area contributed by atoms with Crippen LogP contribution in [-0.4, -0.2) is 50.9 Å². The lowest BCUT2D eigenvalue weighted by atomic mass is 10.0. The third-order valence-electron chi connectivity index (χ3n) is 7.72. The van der Waals surface area contributed by atoms with Gasteiger partial charge in [-0.3, -0.25) is 13.9 Å². The average molecular weight is 660 g/mol. The lowest BCUT2D eigenvalue weighted by Crippen LogP contribution is -2.53. The first-order chi connectivity index (χ1) is 22.6. The van der Waals surface area contributed by atoms with E-state index in [0.29, 0.717) is 18.9 Å². The van der Waals surface area contributed by atoms with Gasteiger partial charge in [-0.15, -0.1) is 0 Å². The molecule has 0 aliphatic carbocycles. The zero-order chi connectivity index (χ0) is 33.8. The van der Waals surface area contributed by atoms with Crippen molar-refractivity contribution in [3.63, 3.8) is 0 Å². The van der Waals surface area contributed by atoms with Gasteiger partial charge in [0.05, 0.1) is 17.2 Å². The van der Waals surface area contributed by atoms with Crippen LogP contribution in [0.25, 0.3) is 0 Å². The number of nitrogens with zero attached hydrogens (tertiary/aromatic N) is 2. The van der Waals surface area contributed by atoms with Crippen LogP contribution in [0.15, 0.2) is 108 Å². The van der Waals surface area contributed by atoms with Crippen molar-refractivity contribution in [2.24, 2.45) is 0 Å². The normalized spacial score (nSPS) is 11.8. The Morgan fingerprint density at radius 2 is 1.53 bits per heavy atom. The predicted molar refractivity (Wildman–Crippen MR) is 182 cm³/mol. The number of anilines is 1. The van der Waals surface area contributed by atoms with Gasteiger partial charge >= 0.3 is 0 Å². The van der Waals surface area contributed by atoms with Gasteiger partial charge in [0.1, 0.15) is 24.2 Å². The standard InChI is InChI=1S/C37H42FN3O5S/c1-4-6-24-39-37(43)35(25-29-12-8-7-9-13-29)40(26-30-14-10-11-15-34(30)38)36(42)27-41(31-18-20-32(21-19-31)46-5-2)47(44,45)33-22-16-28(3)17-23-33/h7-23,35H,4-6,24-27H2,1-3H3,(H,39,43). The summed E-state index contributed by atoms with van der Waals surface area (Å²) in [5.41, 5.74) is 2.11. The second-order valence-corrected chi connectivity index (χ2v) is 13.1. The van der Waals surface area contributed by atoms with Crippen molar-refractivity contribution in [1.29, 1.82) is 0 Å². The maximum absolute atomic E-state index is 15.1. The summed E-state index contributed by atoms with van der Waals surface area (Å²) in [6.07, 6.45) is 1.74. The molecule has 0 aliphatic rings. The number of halogens is 1. The first-order valence-corrected chi connectivity index (χ1v) is 17.2. The molecular formula is C37H42FN3O5S. The van der Waals surface area contributed by atoms with Gasteiger partial charge in [0.25, 0.3) is 10.0 Å². The third-order valence-corrected chi connectivity index (χ3v) is 9.51. The summed E-state index contributed by atoms with van der Waals surface area (Å²) in [6.45, 7) is 5.65. The van der Waals surface area contributed by atoms with Crippen molar-refractivity contribution in [2.75, 3.05) is 24.0 Å². The zero-order valence-corrected chi connectivity index (χ0v) is 27.9. The molecule has 10 heteroatoms. The highest BCUT2D eigenvalue weighted by Crippen LogP contribution is 2.27. The van der Waals surface area contributed by atoms with Crippen LogP contribution in [0.1, 0.15) is 43.4 Å². The summed E-state index contributed by atoms with van der Waals surface area (Å²) < 4.78 is 50.0. The molecule has 0 spiro atoms. The molecule has 0 bridgehead atoms. The summed E-state index contributed by atoms with van der Waals surface area (Å²) in [5, 5.41) is 2.93. The highest BCUT2D eigenvalue weighted by Gasteiger charge is 2.35. The Kier molecular flexibility index (Phi) is 12.5. The molecule has 0 aliphatic heterocycles. The molecule has 8 nitrogen and oxygen atoms in total. The van der Waals surface area contributed by atoms with E-state index in [1.54, 1.807) is 54.6 Å². The quantitative estimate of drug-likeness (QED) is 0.143. The fourth-order valence-corrected chi connectivity index (χ4v) is 6.53. The van der Waals surface area contributed by atoms with E-state index in [1.165, 1.54) is 23.1 Å². The van der Waals surface area contributed by atoms with E-state index in [0.717, 1.165) is 28.3 Å². The van der Waals surface area contributed by atoms with Gasteiger partial charge in [-0.2, -0.15) is 0 Å². The number of ether oxygens (including phenoxy) is 1. The molecule has 0 aromatic heterocycles. The van der Waals surface area contributed by atoms with Crippen LogP contribution >= 0.6 is 0 Å². The van der Waals surface area contributed by atoms with Crippen LogP contribution in [0.3, 0.4) is 0 Å². The Labute approximate surface area is 277 Å². The maximum atomic E-state index is 15.1. The second-order valence-electron chi connectivity index (χ2n) is 11.2. The summed E-state index contributed by atoms with van der Waals surface area (Å²) in [7, 11) is -4.26. The fraction of sp³-hybridized carbons (Fsp3) is 0.297. The van der Waals surface area contributed by atoms with Gasteiger partial charge in [0.2, 0.25) is 11.8 Å². The van der Waals surface area contributed by atoms with E-state index in [9.17, 15) is 18.0 Å². The van der Waals surface area contributed by atoms with Crippen molar-refractivity contribution in [3.05, 3.63) is 126 Å². The number of hydrogen-bond donors (Lipinski definition) is 1. The van der Waals surface area contributed by atoms with E-state index in [1.807, 2.05) is 51.1 Å². The summed E-state index contributed by atoms with van der Waals surface area (Å²) in [4.78, 5) is 29.6. The van der Waals surface area contributed by atoms with Crippen LogP contribution < -0.4 is 14.4 Å². The van der Waals surface area contributed by atoms with Crippen molar-refractivity contribution >= 4 is 27.5 Å². The monoisotopic (exact) mass is 659 g/mol. The largest absolute Gasteiger partial charge is 0.494 e. The van der Waals surface area contributed by atoms with Gasteiger partial charge in [0, 0.05) is 25.1 Å². The number of aryl methyl sites for hydroxylation is 1. The highest BCUT2D eigenvalue weighted by molar-refractivity contribution is 7.92. The minimum atomic E-state index is -4.26. The number of benzene rings is 4. The zero-order valence-electron chi connectivity index (χ0n) is 27.1. The molecule has 248 valence electrons. The number of unbranched alkanes of at least 4 members (excludes halogenated alkanes) is 1. The topological polar surface area (TPSA) is 96.0 Å².